The Balaban J connectivity index is 1.53. The topological polar surface area (TPSA) is 192 Å². The van der Waals surface area contributed by atoms with Gasteiger partial charge in [0.15, 0.2) is 5.90 Å². The van der Waals surface area contributed by atoms with Gasteiger partial charge >= 0.3 is 15.2 Å². The van der Waals surface area contributed by atoms with E-state index in [0.717, 1.165) is 25.7 Å². The minimum Gasteiger partial charge on any atom is -0.387 e. The molecular weight excluding hydrogens is 520 g/mol. The molecule has 0 radical (unpaired) electrons. The molecule has 16 heteroatoms. The summed E-state index contributed by atoms with van der Waals surface area (Å²) in [5.74, 6) is -0.782. The van der Waals surface area contributed by atoms with Gasteiger partial charge in [-0.05, 0) is 29.8 Å². The second-order valence-corrected chi connectivity index (χ2v) is 13.4. The molecule has 4 rings (SSSR count). The van der Waals surface area contributed by atoms with Crippen LogP contribution in [0.3, 0.4) is 0 Å². The Bertz CT molecular complexity index is 1110. The van der Waals surface area contributed by atoms with Crippen molar-refractivity contribution < 1.29 is 43.3 Å². The van der Waals surface area contributed by atoms with E-state index in [1.165, 1.54) is 11.3 Å². The van der Waals surface area contributed by atoms with E-state index in [2.05, 4.69) is 15.3 Å². The van der Waals surface area contributed by atoms with E-state index in [1.54, 1.807) is 5.38 Å². The molecule has 184 valence electrons. The molecular formula is C17H24ClN3O9P2S. The van der Waals surface area contributed by atoms with Gasteiger partial charge in [-0.3, -0.25) is 9.13 Å². The summed E-state index contributed by atoms with van der Waals surface area (Å²) < 4.78 is 34.0. The summed E-state index contributed by atoms with van der Waals surface area (Å²) in [4.78, 5) is 36.0. The molecule has 1 aliphatic carbocycles. The Morgan fingerprint density at radius 2 is 1.88 bits per heavy atom. The largest absolute Gasteiger partial charge is 0.387 e. The number of aliphatic hydroxyl groups is 2. The standard InChI is InChI=1S/C17H24ClN3O9P2S/c18-17-20-11-9(6-33-15(11)16(21-17)19-8-3-1-2-4-8)14-13(23)12(22)10(30-14)5-29-32(27,28)7-31(24,25)26/h6,8,10,12-14,22-23H,1-5,7H2,(H,27,28)(H,19,20,21)(H2,24,25,26)/t10-,12-,13-,14+/m1/s1. The number of rotatable bonds is 8. The average molecular weight is 544 g/mol. The maximum atomic E-state index is 11.9. The number of halogens is 1. The zero-order valence-electron chi connectivity index (χ0n) is 17.2. The van der Waals surface area contributed by atoms with Crippen molar-refractivity contribution in [1.29, 1.82) is 0 Å². The van der Waals surface area contributed by atoms with E-state index in [4.69, 9.17) is 30.6 Å². The summed E-state index contributed by atoms with van der Waals surface area (Å²) in [6.07, 6.45) is -0.823. The summed E-state index contributed by atoms with van der Waals surface area (Å²) in [6.45, 7) is -0.658. The van der Waals surface area contributed by atoms with Crippen LogP contribution in [0.15, 0.2) is 5.38 Å². The fourth-order valence-corrected chi connectivity index (χ4v) is 7.80. The van der Waals surface area contributed by atoms with Crippen molar-refractivity contribution in [1.82, 2.24) is 9.97 Å². The van der Waals surface area contributed by atoms with E-state index >= 15 is 0 Å². The quantitative estimate of drug-likeness (QED) is 0.210. The summed E-state index contributed by atoms with van der Waals surface area (Å²) in [5.41, 5.74) is 0.915. The highest BCUT2D eigenvalue weighted by Gasteiger charge is 2.46. The number of ether oxygens (including phenoxy) is 1. The van der Waals surface area contributed by atoms with Gasteiger partial charge in [-0.1, -0.05) is 12.8 Å². The first-order chi connectivity index (χ1) is 15.4. The van der Waals surface area contributed by atoms with Gasteiger partial charge < -0.3 is 39.5 Å². The molecule has 12 nitrogen and oxygen atoms in total. The minimum absolute atomic E-state index is 0.00854. The Kier molecular flexibility index (Phi) is 7.51. The first-order valence-electron chi connectivity index (χ1n) is 10.2. The third kappa shape index (κ3) is 5.94. The monoisotopic (exact) mass is 543 g/mol. The molecule has 2 fully saturated rings. The third-order valence-electron chi connectivity index (χ3n) is 5.58. The molecule has 0 bridgehead atoms. The van der Waals surface area contributed by atoms with Crippen LogP contribution in [0.25, 0.3) is 10.2 Å². The van der Waals surface area contributed by atoms with Crippen molar-refractivity contribution in [3.63, 3.8) is 0 Å². The second kappa shape index (κ2) is 9.75. The molecule has 1 unspecified atom stereocenters. The van der Waals surface area contributed by atoms with E-state index in [0.29, 0.717) is 21.6 Å². The fraction of sp³-hybridized carbons (Fsp3) is 0.647. The summed E-state index contributed by atoms with van der Waals surface area (Å²) >= 11 is 7.47. The lowest BCUT2D eigenvalue weighted by molar-refractivity contribution is -0.0181. The molecule has 0 amide bonds. The van der Waals surface area contributed by atoms with Crippen LogP contribution in [0.2, 0.25) is 5.28 Å². The van der Waals surface area contributed by atoms with Gasteiger partial charge in [-0.25, -0.2) is 4.98 Å². The lowest BCUT2D eigenvalue weighted by atomic mass is 10.0. The van der Waals surface area contributed by atoms with E-state index in [1.807, 2.05) is 0 Å². The highest BCUT2D eigenvalue weighted by Crippen LogP contribution is 2.55. The van der Waals surface area contributed by atoms with Gasteiger partial charge in [0.2, 0.25) is 5.28 Å². The average Bonchev–Trinajstić information content (AvgIpc) is 3.40. The number of hydrogen-bond donors (Lipinski definition) is 6. The molecule has 2 aromatic rings. The summed E-state index contributed by atoms with van der Waals surface area (Å²) in [5, 5.41) is 26.1. The molecule has 6 N–H and O–H groups in total. The van der Waals surface area contributed by atoms with Crippen LogP contribution in [-0.4, -0.2) is 71.7 Å². The number of nitrogens with zero attached hydrogens (tertiary/aromatic N) is 2. The van der Waals surface area contributed by atoms with E-state index in [9.17, 15) is 24.2 Å². The Morgan fingerprint density at radius 1 is 1.18 bits per heavy atom. The van der Waals surface area contributed by atoms with Gasteiger partial charge in [-0.15, -0.1) is 11.3 Å². The molecule has 1 aliphatic heterocycles. The predicted octanol–water partition coefficient (Wildman–Crippen LogP) is 2.20. The van der Waals surface area contributed by atoms with Crippen molar-refractivity contribution in [2.45, 2.75) is 56.1 Å². The van der Waals surface area contributed by atoms with Gasteiger partial charge in [0.1, 0.15) is 30.2 Å². The molecule has 0 spiro atoms. The number of nitrogens with one attached hydrogen (secondary N) is 1. The number of hydrogen-bond acceptors (Lipinski definition) is 10. The molecule has 2 aliphatic rings. The number of fused-ring (bicyclic) bond motifs is 1. The maximum Gasteiger partial charge on any atom is 0.340 e. The normalized spacial score (nSPS) is 28.4. The number of aliphatic hydroxyl groups excluding tert-OH is 2. The van der Waals surface area contributed by atoms with Crippen molar-refractivity contribution in [2.24, 2.45) is 0 Å². The molecule has 5 atom stereocenters. The SMILES string of the molecule is O=P(O)(O)CP(=O)(O)OC[C@H]1O[C@@H](c2csc3c(NC4CCCC4)nc(Cl)nc23)[C@H](O)[C@@H]1O. The lowest BCUT2D eigenvalue weighted by Crippen LogP contribution is -2.33. The molecule has 1 saturated heterocycles. The Morgan fingerprint density at radius 3 is 2.55 bits per heavy atom. The van der Waals surface area contributed by atoms with Crippen LogP contribution >= 0.6 is 38.1 Å². The van der Waals surface area contributed by atoms with Crippen LogP contribution in [0.1, 0.15) is 37.4 Å². The van der Waals surface area contributed by atoms with Gasteiger partial charge in [0.05, 0.1) is 16.8 Å². The zero-order valence-corrected chi connectivity index (χ0v) is 20.5. The van der Waals surface area contributed by atoms with E-state index < -0.39 is 52.1 Å². The van der Waals surface area contributed by atoms with Crippen LogP contribution in [0.5, 0.6) is 0 Å². The maximum absolute atomic E-state index is 11.9. The lowest BCUT2D eigenvalue weighted by Gasteiger charge is -2.18. The van der Waals surface area contributed by atoms with Crippen LogP contribution in [0, 0.1) is 0 Å². The summed E-state index contributed by atoms with van der Waals surface area (Å²) in [7, 11) is -9.44. The highest BCUT2D eigenvalue weighted by molar-refractivity contribution is 7.70. The Hall–Kier alpha value is -0.690. The van der Waals surface area contributed by atoms with Gasteiger partial charge in [-0.2, -0.15) is 4.98 Å². The van der Waals surface area contributed by atoms with Crippen LogP contribution in [-0.2, 0) is 18.4 Å². The number of thiophene rings is 1. The van der Waals surface area contributed by atoms with Crippen LogP contribution < -0.4 is 5.32 Å². The first kappa shape index (κ1) is 25.4. The number of aromatic nitrogens is 2. The predicted molar refractivity (Wildman–Crippen MR) is 121 cm³/mol. The zero-order chi connectivity index (χ0) is 24.0. The van der Waals surface area contributed by atoms with Gasteiger partial charge in [0.25, 0.3) is 0 Å². The molecule has 2 aromatic heterocycles. The molecule has 1 saturated carbocycles. The van der Waals surface area contributed by atoms with Crippen molar-refractivity contribution in [2.75, 3.05) is 17.8 Å². The molecule has 3 heterocycles. The summed E-state index contributed by atoms with van der Waals surface area (Å²) in [6, 6.07) is 0.281. The molecule has 0 aromatic carbocycles. The first-order valence-corrected chi connectivity index (χ1v) is 15.0. The van der Waals surface area contributed by atoms with Gasteiger partial charge in [0, 0.05) is 11.6 Å². The Labute approximate surface area is 197 Å². The van der Waals surface area contributed by atoms with Crippen molar-refractivity contribution >= 4 is 54.2 Å². The smallest absolute Gasteiger partial charge is 0.340 e. The third-order valence-corrected chi connectivity index (χ3v) is 10.2. The fourth-order valence-electron chi connectivity index (χ4n) is 4.08. The second-order valence-electron chi connectivity index (χ2n) is 8.15. The van der Waals surface area contributed by atoms with Crippen LogP contribution in [0.4, 0.5) is 5.82 Å². The molecule has 33 heavy (non-hydrogen) atoms. The minimum atomic E-state index is -4.80. The van der Waals surface area contributed by atoms with E-state index in [-0.39, 0.29) is 11.3 Å². The van der Waals surface area contributed by atoms with Crippen molar-refractivity contribution in [3.05, 3.63) is 16.2 Å². The van der Waals surface area contributed by atoms with Crippen molar-refractivity contribution in [3.8, 4) is 0 Å². The highest BCUT2D eigenvalue weighted by atomic mass is 35.5. The number of anilines is 1.